The van der Waals surface area contributed by atoms with Gasteiger partial charge in [0.1, 0.15) is 16.7 Å². The molecule has 6 N–H and O–H groups in total. The maximum atomic E-state index is 14.1. The Kier molecular flexibility index (Phi) is 7.74. The lowest BCUT2D eigenvalue weighted by Crippen LogP contribution is -2.45. The summed E-state index contributed by atoms with van der Waals surface area (Å²) in [6.07, 6.45) is 1.64. The van der Waals surface area contributed by atoms with Crippen LogP contribution in [0.5, 0.6) is 5.75 Å². The number of aromatic nitrogens is 1. The Morgan fingerprint density at radius 2 is 1.86 bits per heavy atom. The van der Waals surface area contributed by atoms with Crippen LogP contribution >= 0.6 is 11.5 Å². The number of ether oxygens (including phenoxy) is 1. The molecule has 1 aromatic heterocycles. The first kappa shape index (κ1) is 26.1. The fourth-order valence-electron chi connectivity index (χ4n) is 4.40. The fourth-order valence-corrected chi connectivity index (χ4v) is 5.14. The van der Waals surface area contributed by atoms with Crippen molar-refractivity contribution in [3.8, 4) is 5.75 Å². The van der Waals surface area contributed by atoms with Gasteiger partial charge in [0.2, 0.25) is 5.91 Å². The van der Waals surface area contributed by atoms with Crippen LogP contribution in [0.2, 0.25) is 0 Å². The molecule has 0 unspecified atom stereocenters. The highest BCUT2D eigenvalue weighted by Crippen LogP contribution is 2.34. The van der Waals surface area contributed by atoms with E-state index >= 15 is 0 Å². The fraction of sp³-hybridized carbons (Fsp3) is 0.308. The van der Waals surface area contributed by atoms with Crippen molar-refractivity contribution in [1.82, 2.24) is 9.69 Å². The topological polar surface area (TPSA) is 161 Å². The highest BCUT2D eigenvalue weighted by molar-refractivity contribution is 7.09. The molecule has 3 amide bonds. The van der Waals surface area contributed by atoms with Gasteiger partial charge in [-0.05, 0) is 79.2 Å². The van der Waals surface area contributed by atoms with Gasteiger partial charge in [-0.2, -0.15) is 4.37 Å². The minimum Gasteiger partial charge on any atom is -0.508 e. The Morgan fingerprint density at radius 3 is 2.43 bits per heavy atom. The largest absolute Gasteiger partial charge is 0.508 e. The number of anilines is 2. The van der Waals surface area contributed by atoms with Crippen molar-refractivity contribution in [3.63, 3.8) is 0 Å². The van der Waals surface area contributed by atoms with Gasteiger partial charge in [0, 0.05) is 18.8 Å². The minimum atomic E-state index is -1.13. The monoisotopic (exact) mass is 523 g/mol. The number of aryl methyl sites for hydroxylation is 2. The summed E-state index contributed by atoms with van der Waals surface area (Å²) in [5.74, 6) is -1.88. The number of rotatable bonds is 8. The number of nitrogens with two attached hydrogens (primary N) is 2. The summed E-state index contributed by atoms with van der Waals surface area (Å²) in [4.78, 5) is 40.9. The van der Waals surface area contributed by atoms with Gasteiger partial charge in [-0.25, -0.2) is 0 Å². The van der Waals surface area contributed by atoms with Crippen molar-refractivity contribution in [3.05, 3.63) is 69.7 Å². The van der Waals surface area contributed by atoms with E-state index in [4.69, 9.17) is 16.2 Å². The van der Waals surface area contributed by atoms with Crippen LogP contribution in [-0.4, -0.2) is 46.5 Å². The summed E-state index contributed by atoms with van der Waals surface area (Å²) in [7, 11) is 0. The predicted molar refractivity (Wildman–Crippen MR) is 141 cm³/mol. The molecule has 2 atom stereocenters. The van der Waals surface area contributed by atoms with Crippen molar-refractivity contribution >= 4 is 40.6 Å². The van der Waals surface area contributed by atoms with E-state index < -0.39 is 23.8 Å². The third-order valence-corrected chi connectivity index (χ3v) is 6.95. The lowest BCUT2D eigenvalue weighted by atomic mass is 10.0. The number of nitrogens with zero attached hydrogens (tertiary/aromatic N) is 2. The smallest absolute Gasteiger partial charge is 0.273 e. The van der Waals surface area contributed by atoms with Crippen LogP contribution in [0.1, 0.15) is 55.7 Å². The molecule has 3 aromatic rings. The first-order valence-electron chi connectivity index (χ1n) is 11.8. The molecule has 1 fully saturated rings. The lowest BCUT2D eigenvalue weighted by molar-refractivity contribution is -0.123. The summed E-state index contributed by atoms with van der Waals surface area (Å²) in [5.41, 5.74) is 13.8. The van der Waals surface area contributed by atoms with Crippen LogP contribution in [0.3, 0.4) is 0 Å². The maximum Gasteiger partial charge on any atom is 0.273 e. The highest BCUT2D eigenvalue weighted by Gasteiger charge is 2.36. The average Bonchev–Trinajstić information content (AvgIpc) is 3.50. The van der Waals surface area contributed by atoms with E-state index in [0.29, 0.717) is 17.9 Å². The van der Waals surface area contributed by atoms with E-state index in [1.807, 2.05) is 19.9 Å². The number of nitrogens with one attached hydrogen (secondary N) is 1. The van der Waals surface area contributed by atoms with Gasteiger partial charge in [0.15, 0.2) is 5.69 Å². The van der Waals surface area contributed by atoms with Crippen LogP contribution in [0.25, 0.3) is 0 Å². The van der Waals surface area contributed by atoms with Gasteiger partial charge in [0.05, 0.1) is 11.8 Å². The van der Waals surface area contributed by atoms with Crippen LogP contribution in [-0.2, 0) is 9.53 Å². The molecule has 2 heterocycles. The Bertz CT molecular complexity index is 1300. The van der Waals surface area contributed by atoms with Crippen molar-refractivity contribution < 1.29 is 24.2 Å². The van der Waals surface area contributed by atoms with Crippen LogP contribution in [0.4, 0.5) is 11.4 Å². The number of phenolic OH excluding ortho intramolecular Hbond substituents is 1. The van der Waals surface area contributed by atoms with Gasteiger partial charge in [-0.1, -0.05) is 18.2 Å². The number of carbonyl (C=O) groups is 3. The van der Waals surface area contributed by atoms with E-state index in [9.17, 15) is 19.5 Å². The summed E-state index contributed by atoms with van der Waals surface area (Å²) in [5, 5.41) is 12.8. The predicted octanol–water partition coefficient (Wildman–Crippen LogP) is 2.83. The molecule has 1 aliphatic heterocycles. The molecule has 4 rings (SSSR count). The first-order chi connectivity index (χ1) is 17.7. The molecule has 2 aromatic carbocycles. The van der Waals surface area contributed by atoms with Gasteiger partial charge in [-0.3, -0.25) is 19.3 Å². The quantitative estimate of drug-likeness (QED) is 0.353. The summed E-state index contributed by atoms with van der Waals surface area (Å²) in [6.45, 7) is 4.70. The Morgan fingerprint density at radius 1 is 1.19 bits per heavy atom. The molecule has 0 saturated carbocycles. The maximum absolute atomic E-state index is 14.1. The van der Waals surface area contributed by atoms with E-state index in [0.717, 1.165) is 35.5 Å². The third kappa shape index (κ3) is 5.73. The number of hydrogen-bond acceptors (Lipinski definition) is 8. The number of nitrogen functional groups attached to an aromatic ring is 1. The molecule has 0 aliphatic carbocycles. The van der Waals surface area contributed by atoms with Crippen molar-refractivity contribution in [2.75, 3.05) is 23.8 Å². The molecular weight excluding hydrogens is 494 g/mol. The minimum absolute atomic E-state index is 0.0105. The average molecular weight is 524 g/mol. The Labute approximate surface area is 218 Å². The summed E-state index contributed by atoms with van der Waals surface area (Å²) < 4.78 is 9.61. The molecule has 0 radical (unpaired) electrons. The number of benzene rings is 2. The van der Waals surface area contributed by atoms with Gasteiger partial charge in [-0.15, -0.1) is 0 Å². The Hall–Kier alpha value is -3.96. The zero-order valence-electron chi connectivity index (χ0n) is 20.6. The summed E-state index contributed by atoms with van der Waals surface area (Å²) in [6, 6.07) is 10.5. The molecule has 1 saturated heterocycles. The van der Waals surface area contributed by atoms with Gasteiger partial charge in [0.25, 0.3) is 11.8 Å². The van der Waals surface area contributed by atoms with E-state index in [2.05, 4.69) is 9.69 Å². The number of hydrogen-bond donors (Lipinski definition) is 4. The van der Waals surface area contributed by atoms with Crippen molar-refractivity contribution in [2.45, 2.75) is 38.8 Å². The van der Waals surface area contributed by atoms with Crippen molar-refractivity contribution in [1.29, 1.82) is 0 Å². The van der Waals surface area contributed by atoms with E-state index in [-0.39, 0.29) is 34.7 Å². The number of primary amides is 1. The highest BCUT2D eigenvalue weighted by atomic mass is 32.1. The second-order valence-corrected chi connectivity index (χ2v) is 9.81. The molecular formula is C26H29N5O5S. The lowest BCUT2D eigenvalue weighted by Gasteiger charge is -2.32. The second-order valence-electron chi connectivity index (χ2n) is 9.03. The number of phenols is 1. The standard InChI is InChI=1S/C26H29N5O5S/c1-14-10-15(2)12-17(11-14)31(26(35)23-20(27)21(24(28)33)30-37-23)22(16-5-7-18(32)8-6-16)25(34)29-13-19-4-3-9-36-19/h5-8,10-12,19,22,32H,3-4,9,13,27H2,1-2H3,(H2,28,33)(H,29,34)/t19-,22+/m1/s1. The number of aromatic hydroxyl groups is 1. The molecule has 0 spiro atoms. The second kappa shape index (κ2) is 11.0. The van der Waals surface area contributed by atoms with Gasteiger partial charge >= 0.3 is 0 Å². The van der Waals surface area contributed by atoms with Crippen molar-refractivity contribution in [2.24, 2.45) is 5.73 Å². The van der Waals surface area contributed by atoms with Crippen LogP contribution in [0.15, 0.2) is 42.5 Å². The SMILES string of the molecule is Cc1cc(C)cc(N(C(=O)c2snc(C(N)=O)c2N)[C@H](C(=O)NC[C@H]2CCCO2)c2ccc(O)cc2)c1. The molecule has 10 nitrogen and oxygen atoms in total. The normalized spacial score (nSPS) is 15.8. The first-order valence-corrected chi connectivity index (χ1v) is 12.6. The number of amides is 3. The molecule has 37 heavy (non-hydrogen) atoms. The zero-order chi connectivity index (χ0) is 26.7. The van der Waals surface area contributed by atoms with E-state index in [1.54, 1.807) is 24.3 Å². The summed E-state index contributed by atoms with van der Waals surface area (Å²) >= 11 is 0.746. The van der Waals surface area contributed by atoms with Crippen LogP contribution < -0.4 is 21.7 Å². The van der Waals surface area contributed by atoms with Crippen LogP contribution in [0, 0.1) is 13.8 Å². The molecule has 11 heteroatoms. The third-order valence-electron chi connectivity index (χ3n) is 6.10. The van der Waals surface area contributed by atoms with E-state index in [1.165, 1.54) is 17.0 Å². The molecule has 1 aliphatic rings. The molecule has 0 bridgehead atoms. The van der Waals surface area contributed by atoms with Gasteiger partial charge < -0.3 is 26.6 Å². The molecule has 194 valence electrons. The Balaban J connectivity index is 1.83. The number of carbonyl (C=O) groups excluding carboxylic acids is 3. The zero-order valence-corrected chi connectivity index (χ0v) is 21.4.